The van der Waals surface area contributed by atoms with Gasteiger partial charge in [-0.25, -0.2) is 0 Å². The Labute approximate surface area is 197 Å². The number of hydrogen-bond donors (Lipinski definition) is 2. The molecule has 3 aromatic rings. The molecule has 0 radical (unpaired) electrons. The average Bonchev–Trinajstić information content (AvgIpc) is 3.64. The summed E-state index contributed by atoms with van der Waals surface area (Å²) < 4.78 is 15.9. The van der Waals surface area contributed by atoms with Crippen LogP contribution >= 0.6 is 0 Å². The number of rotatable bonds is 9. The minimum Gasteiger partial charge on any atom is -0.497 e. The summed E-state index contributed by atoms with van der Waals surface area (Å²) in [6.07, 6.45) is 6.73. The van der Waals surface area contributed by atoms with Gasteiger partial charge in [0.15, 0.2) is 11.8 Å². The van der Waals surface area contributed by atoms with E-state index in [9.17, 15) is 14.4 Å². The van der Waals surface area contributed by atoms with Crippen LogP contribution in [0.3, 0.4) is 0 Å². The van der Waals surface area contributed by atoms with Gasteiger partial charge in [-0.3, -0.25) is 19.3 Å². The third-order valence-corrected chi connectivity index (χ3v) is 5.79. The molecule has 4 rings (SSSR count). The van der Waals surface area contributed by atoms with Gasteiger partial charge >= 0.3 is 0 Å². The summed E-state index contributed by atoms with van der Waals surface area (Å²) in [6, 6.07) is 12.2. The standard InChI is InChI=1S/C25H27N3O6/c1-32-19-12-10-18(11-13-19)28(22(29)16-26-24(30)21-9-5-15-34-21)23(20-8-4-14-33-20)25(31)27-17-6-2-3-7-17/h4-5,8-15,17,23H,2-3,6-7,16H2,1H3,(H,26,30)(H,27,31)/t23-/m0/s1. The van der Waals surface area contributed by atoms with Gasteiger partial charge in [-0.05, 0) is 61.4 Å². The fourth-order valence-electron chi connectivity index (χ4n) is 4.09. The molecule has 1 fully saturated rings. The predicted octanol–water partition coefficient (Wildman–Crippen LogP) is 3.44. The van der Waals surface area contributed by atoms with Crippen molar-refractivity contribution in [1.29, 1.82) is 0 Å². The molecule has 2 N–H and O–H groups in total. The lowest BCUT2D eigenvalue weighted by atomic mass is 10.1. The Morgan fingerprint density at radius 3 is 2.35 bits per heavy atom. The molecule has 2 heterocycles. The van der Waals surface area contributed by atoms with Crippen LogP contribution in [0, 0.1) is 0 Å². The highest BCUT2D eigenvalue weighted by Gasteiger charge is 2.36. The summed E-state index contributed by atoms with van der Waals surface area (Å²) in [5, 5.41) is 5.62. The minimum atomic E-state index is -1.06. The first kappa shape index (κ1) is 23.2. The number of nitrogens with one attached hydrogen (secondary N) is 2. The molecule has 34 heavy (non-hydrogen) atoms. The van der Waals surface area contributed by atoms with Crippen molar-refractivity contribution in [2.45, 2.75) is 37.8 Å². The summed E-state index contributed by atoms with van der Waals surface area (Å²) in [5.41, 5.74) is 0.459. The summed E-state index contributed by atoms with van der Waals surface area (Å²) in [4.78, 5) is 40.6. The van der Waals surface area contributed by atoms with Crippen molar-refractivity contribution in [3.05, 3.63) is 72.6 Å². The topological polar surface area (TPSA) is 114 Å². The van der Waals surface area contributed by atoms with E-state index >= 15 is 0 Å². The second-order valence-electron chi connectivity index (χ2n) is 8.03. The highest BCUT2D eigenvalue weighted by atomic mass is 16.5. The van der Waals surface area contributed by atoms with E-state index in [0.717, 1.165) is 25.7 Å². The molecule has 0 saturated heterocycles. The van der Waals surface area contributed by atoms with E-state index in [4.69, 9.17) is 13.6 Å². The van der Waals surface area contributed by atoms with Crippen molar-refractivity contribution < 1.29 is 28.0 Å². The monoisotopic (exact) mass is 465 g/mol. The molecule has 0 unspecified atom stereocenters. The zero-order chi connectivity index (χ0) is 23.9. The molecule has 9 nitrogen and oxygen atoms in total. The number of anilines is 1. The highest BCUT2D eigenvalue weighted by molar-refractivity contribution is 6.04. The number of carbonyl (C=O) groups is 3. The molecular formula is C25H27N3O6. The number of furan rings is 2. The fraction of sp³-hybridized carbons (Fsp3) is 0.320. The maximum Gasteiger partial charge on any atom is 0.287 e. The average molecular weight is 466 g/mol. The van der Waals surface area contributed by atoms with Gasteiger partial charge in [-0.1, -0.05) is 12.8 Å². The number of amides is 3. The molecule has 1 aromatic carbocycles. The van der Waals surface area contributed by atoms with Crippen molar-refractivity contribution in [2.75, 3.05) is 18.6 Å². The van der Waals surface area contributed by atoms with Crippen LogP contribution in [0.1, 0.15) is 48.0 Å². The van der Waals surface area contributed by atoms with Gasteiger partial charge < -0.3 is 24.2 Å². The van der Waals surface area contributed by atoms with Crippen LogP contribution in [-0.2, 0) is 9.59 Å². The zero-order valence-electron chi connectivity index (χ0n) is 18.9. The zero-order valence-corrected chi connectivity index (χ0v) is 18.9. The van der Waals surface area contributed by atoms with Gasteiger partial charge in [-0.15, -0.1) is 0 Å². The first-order chi connectivity index (χ1) is 16.6. The van der Waals surface area contributed by atoms with Crippen LogP contribution in [0.5, 0.6) is 5.75 Å². The molecular weight excluding hydrogens is 438 g/mol. The van der Waals surface area contributed by atoms with E-state index in [-0.39, 0.29) is 24.3 Å². The number of nitrogens with zero attached hydrogens (tertiary/aromatic N) is 1. The van der Waals surface area contributed by atoms with E-state index < -0.39 is 17.9 Å². The van der Waals surface area contributed by atoms with E-state index in [0.29, 0.717) is 17.2 Å². The summed E-state index contributed by atoms with van der Waals surface area (Å²) in [6.45, 7) is -0.348. The second kappa shape index (κ2) is 10.7. The quantitative estimate of drug-likeness (QED) is 0.500. The molecule has 0 bridgehead atoms. The third kappa shape index (κ3) is 5.31. The lowest BCUT2D eigenvalue weighted by Crippen LogP contribution is -2.49. The molecule has 0 aliphatic heterocycles. The van der Waals surface area contributed by atoms with Gasteiger partial charge in [0.2, 0.25) is 5.91 Å². The predicted molar refractivity (Wildman–Crippen MR) is 123 cm³/mol. The second-order valence-corrected chi connectivity index (χ2v) is 8.03. The maximum atomic E-state index is 13.5. The number of hydrogen-bond acceptors (Lipinski definition) is 6. The molecule has 1 aliphatic carbocycles. The Bertz CT molecular complexity index is 1090. The number of methoxy groups -OCH3 is 1. The molecule has 2 aromatic heterocycles. The number of benzene rings is 1. The molecule has 1 saturated carbocycles. The summed E-state index contributed by atoms with van der Waals surface area (Å²) in [7, 11) is 1.54. The van der Waals surface area contributed by atoms with Crippen LogP contribution in [0.4, 0.5) is 5.69 Å². The van der Waals surface area contributed by atoms with Gasteiger partial charge in [0, 0.05) is 11.7 Å². The van der Waals surface area contributed by atoms with Gasteiger partial charge in [0.05, 0.1) is 26.2 Å². The van der Waals surface area contributed by atoms with E-state index in [1.54, 1.807) is 49.6 Å². The van der Waals surface area contributed by atoms with Crippen molar-refractivity contribution in [1.82, 2.24) is 10.6 Å². The lowest BCUT2D eigenvalue weighted by Gasteiger charge is -2.31. The van der Waals surface area contributed by atoms with Crippen molar-refractivity contribution in [3.8, 4) is 5.75 Å². The molecule has 1 aliphatic rings. The van der Waals surface area contributed by atoms with Crippen molar-refractivity contribution in [2.24, 2.45) is 0 Å². The largest absolute Gasteiger partial charge is 0.497 e. The van der Waals surface area contributed by atoms with Crippen LogP contribution in [0.25, 0.3) is 0 Å². The lowest BCUT2D eigenvalue weighted by molar-refractivity contribution is -0.127. The summed E-state index contributed by atoms with van der Waals surface area (Å²) in [5.74, 6) is -0.357. The van der Waals surface area contributed by atoms with Gasteiger partial charge in [0.25, 0.3) is 11.8 Å². The Hall–Kier alpha value is -4.01. The highest BCUT2D eigenvalue weighted by Crippen LogP contribution is 2.30. The van der Waals surface area contributed by atoms with E-state index in [1.165, 1.54) is 23.5 Å². The van der Waals surface area contributed by atoms with Crippen LogP contribution in [0.2, 0.25) is 0 Å². The fourth-order valence-corrected chi connectivity index (χ4v) is 4.09. The third-order valence-electron chi connectivity index (χ3n) is 5.79. The minimum absolute atomic E-state index is 0.0523. The van der Waals surface area contributed by atoms with Crippen LogP contribution < -0.4 is 20.3 Å². The SMILES string of the molecule is COc1ccc(N(C(=O)CNC(=O)c2ccco2)[C@H](C(=O)NC2CCCC2)c2ccco2)cc1. The Morgan fingerprint density at radius 2 is 1.74 bits per heavy atom. The van der Waals surface area contributed by atoms with Crippen molar-refractivity contribution >= 4 is 23.4 Å². The maximum absolute atomic E-state index is 13.5. The number of ether oxygens (including phenoxy) is 1. The Kier molecular flexibility index (Phi) is 7.31. The number of carbonyl (C=O) groups excluding carboxylic acids is 3. The van der Waals surface area contributed by atoms with Gasteiger partial charge in [-0.2, -0.15) is 0 Å². The van der Waals surface area contributed by atoms with Crippen LogP contribution in [-0.4, -0.2) is 37.4 Å². The first-order valence-electron chi connectivity index (χ1n) is 11.2. The molecule has 3 amide bonds. The van der Waals surface area contributed by atoms with E-state index in [1.807, 2.05) is 0 Å². The molecule has 178 valence electrons. The Morgan fingerprint density at radius 1 is 1.03 bits per heavy atom. The van der Waals surface area contributed by atoms with E-state index in [2.05, 4.69) is 10.6 Å². The molecule has 0 spiro atoms. The van der Waals surface area contributed by atoms with Crippen molar-refractivity contribution in [3.63, 3.8) is 0 Å². The smallest absolute Gasteiger partial charge is 0.287 e. The molecule has 1 atom stereocenters. The van der Waals surface area contributed by atoms with Crippen LogP contribution in [0.15, 0.2) is 69.9 Å². The normalized spacial score (nSPS) is 14.4. The first-order valence-corrected chi connectivity index (χ1v) is 11.2. The van der Waals surface area contributed by atoms with Gasteiger partial charge in [0.1, 0.15) is 11.5 Å². The summed E-state index contributed by atoms with van der Waals surface area (Å²) >= 11 is 0. The molecule has 9 heteroatoms. The Balaban J connectivity index is 1.63.